The molecule has 1 aromatic heterocycles. The number of hydrogen-bond acceptors (Lipinski definition) is 6. The van der Waals surface area contributed by atoms with E-state index in [1.807, 2.05) is 42.5 Å². The molecule has 2 N–H and O–H groups in total. The monoisotopic (exact) mass is 394 g/mol. The minimum atomic E-state index is 0.128. The molecule has 0 amide bonds. The fourth-order valence-electron chi connectivity index (χ4n) is 2.77. The first kappa shape index (κ1) is 20.5. The van der Waals surface area contributed by atoms with Gasteiger partial charge in [0, 0.05) is 24.8 Å². The molecular formula is C23H26N2O4. The van der Waals surface area contributed by atoms with Crippen LogP contribution in [0, 0.1) is 0 Å². The van der Waals surface area contributed by atoms with Crippen molar-refractivity contribution < 1.29 is 19.3 Å². The number of benzene rings is 2. The Bertz CT molecular complexity index is 913. The number of hydrogen-bond donors (Lipinski definition) is 2. The van der Waals surface area contributed by atoms with Crippen molar-refractivity contribution in [2.45, 2.75) is 26.4 Å². The van der Waals surface area contributed by atoms with Crippen LogP contribution in [0.2, 0.25) is 0 Å². The molecule has 1 heterocycles. The van der Waals surface area contributed by atoms with Gasteiger partial charge in [0.05, 0.1) is 13.7 Å². The Morgan fingerprint density at radius 2 is 1.79 bits per heavy atom. The Labute approximate surface area is 171 Å². The Morgan fingerprint density at radius 3 is 2.52 bits per heavy atom. The first-order valence-corrected chi connectivity index (χ1v) is 9.60. The van der Waals surface area contributed by atoms with E-state index in [1.165, 1.54) is 7.11 Å². The Balaban J connectivity index is 1.59. The average molecular weight is 394 g/mol. The molecule has 0 saturated carbocycles. The fraction of sp³-hybridized carbons (Fsp3) is 0.261. The maximum atomic E-state index is 9.89. The molecule has 0 spiro atoms. The SMILES string of the molecule is CCCOc1ccc(Oc2ncccc2CNCc2ccc(OC)c(O)c2)cc1. The van der Waals surface area contributed by atoms with Crippen LogP contribution < -0.4 is 19.5 Å². The van der Waals surface area contributed by atoms with Crippen LogP contribution in [0.25, 0.3) is 0 Å². The molecule has 0 aliphatic rings. The summed E-state index contributed by atoms with van der Waals surface area (Å²) in [6.45, 7) is 3.94. The number of phenolic OH excluding ortho intramolecular Hbond substituents is 1. The lowest BCUT2D eigenvalue weighted by Crippen LogP contribution is -2.13. The number of pyridine rings is 1. The molecule has 0 atom stereocenters. The van der Waals surface area contributed by atoms with E-state index < -0.39 is 0 Å². The first-order valence-electron chi connectivity index (χ1n) is 9.60. The number of phenols is 1. The van der Waals surface area contributed by atoms with Gasteiger partial charge in [-0.2, -0.15) is 0 Å². The van der Waals surface area contributed by atoms with Gasteiger partial charge in [0.1, 0.15) is 11.5 Å². The van der Waals surface area contributed by atoms with Gasteiger partial charge in [-0.15, -0.1) is 0 Å². The molecular weight excluding hydrogens is 368 g/mol. The van der Waals surface area contributed by atoms with E-state index in [0.29, 0.717) is 37.1 Å². The zero-order chi connectivity index (χ0) is 20.5. The summed E-state index contributed by atoms with van der Waals surface area (Å²) < 4.78 is 16.6. The van der Waals surface area contributed by atoms with E-state index in [4.69, 9.17) is 14.2 Å². The second-order valence-corrected chi connectivity index (χ2v) is 6.50. The normalized spacial score (nSPS) is 10.6. The largest absolute Gasteiger partial charge is 0.504 e. The highest BCUT2D eigenvalue weighted by Gasteiger charge is 2.07. The highest BCUT2D eigenvalue weighted by Crippen LogP contribution is 2.27. The molecule has 0 unspecified atom stereocenters. The minimum Gasteiger partial charge on any atom is -0.504 e. The molecule has 0 radical (unpaired) electrons. The van der Waals surface area contributed by atoms with Crippen molar-refractivity contribution in [3.63, 3.8) is 0 Å². The molecule has 152 valence electrons. The lowest BCUT2D eigenvalue weighted by Gasteiger charge is -2.12. The fourth-order valence-corrected chi connectivity index (χ4v) is 2.77. The number of aromatic nitrogens is 1. The predicted octanol–water partition coefficient (Wildman–Crippen LogP) is 4.67. The molecule has 3 aromatic rings. The third-order valence-corrected chi connectivity index (χ3v) is 4.25. The van der Waals surface area contributed by atoms with Crippen LogP contribution >= 0.6 is 0 Å². The van der Waals surface area contributed by atoms with Crippen molar-refractivity contribution in [1.29, 1.82) is 0 Å². The van der Waals surface area contributed by atoms with Gasteiger partial charge in [-0.05, 0) is 54.4 Å². The van der Waals surface area contributed by atoms with Crippen molar-refractivity contribution in [3.8, 4) is 28.9 Å². The smallest absolute Gasteiger partial charge is 0.223 e. The summed E-state index contributed by atoms with van der Waals surface area (Å²) in [4.78, 5) is 4.36. The van der Waals surface area contributed by atoms with E-state index in [1.54, 1.807) is 18.3 Å². The first-order chi connectivity index (χ1) is 14.2. The van der Waals surface area contributed by atoms with Crippen LogP contribution in [-0.2, 0) is 13.1 Å². The molecule has 0 aliphatic carbocycles. The van der Waals surface area contributed by atoms with Gasteiger partial charge in [0.15, 0.2) is 11.5 Å². The predicted molar refractivity (Wildman–Crippen MR) is 112 cm³/mol. The quantitative estimate of drug-likeness (QED) is 0.521. The lowest BCUT2D eigenvalue weighted by molar-refractivity contribution is 0.317. The summed E-state index contributed by atoms with van der Waals surface area (Å²) in [5, 5.41) is 13.2. The molecule has 2 aromatic carbocycles. The maximum absolute atomic E-state index is 9.89. The van der Waals surface area contributed by atoms with Crippen LogP contribution in [0.15, 0.2) is 60.8 Å². The number of rotatable bonds is 10. The van der Waals surface area contributed by atoms with Gasteiger partial charge in [0.2, 0.25) is 5.88 Å². The summed E-state index contributed by atoms with van der Waals surface area (Å²) in [7, 11) is 1.53. The van der Waals surface area contributed by atoms with E-state index in [9.17, 15) is 5.11 Å². The van der Waals surface area contributed by atoms with Crippen molar-refractivity contribution in [1.82, 2.24) is 10.3 Å². The number of methoxy groups -OCH3 is 1. The molecule has 0 bridgehead atoms. The van der Waals surface area contributed by atoms with E-state index in [2.05, 4.69) is 17.2 Å². The summed E-state index contributed by atoms with van der Waals surface area (Å²) >= 11 is 0. The van der Waals surface area contributed by atoms with Gasteiger partial charge in [0.25, 0.3) is 0 Å². The van der Waals surface area contributed by atoms with Crippen LogP contribution in [-0.4, -0.2) is 23.8 Å². The topological polar surface area (TPSA) is 72.8 Å². The average Bonchev–Trinajstić information content (AvgIpc) is 2.74. The zero-order valence-electron chi connectivity index (χ0n) is 16.7. The van der Waals surface area contributed by atoms with Crippen molar-refractivity contribution in [2.24, 2.45) is 0 Å². The van der Waals surface area contributed by atoms with Crippen LogP contribution in [0.1, 0.15) is 24.5 Å². The zero-order valence-corrected chi connectivity index (χ0v) is 16.7. The summed E-state index contributed by atoms with van der Waals surface area (Å²) in [6.07, 6.45) is 2.68. The molecule has 29 heavy (non-hydrogen) atoms. The molecule has 0 aliphatic heterocycles. The molecule has 3 rings (SSSR count). The Hall–Kier alpha value is -3.25. The molecule has 0 fully saturated rings. The third-order valence-electron chi connectivity index (χ3n) is 4.25. The Morgan fingerprint density at radius 1 is 1.00 bits per heavy atom. The minimum absolute atomic E-state index is 0.128. The van der Waals surface area contributed by atoms with Gasteiger partial charge in [-0.25, -0.2) is 4.98 Å². The van der Waals surface area contributed by atoms with Gasteiger partial charge in [-0.3, -0.25) is 0 Å². The number of ether oxygens (including phenoxy) is 3. The maximum Gasteiger partial charge on any atom is 0.223 e. The summed E-state index contributed by atoms with van der Waals surface area (Å²) in [5.41, 5.74) is 1.90. The van der Waals surface area contributed by atoms with E-state index >= 15 is 0 Å². The second kappa shape index (κ2) is 10.3. The van der Waals surface area contributed by atoms with E-state index in [0.717, 1.165) is 23.3 Å². The lowest BCUT2D eigenvalue weighted by atomic mass is 10.2. The van der Waals surface area contributed by atoms with Crippen molar-refractivity contribution in [2.75, 3.05) is 13.7 Å². The summed E-state index contributed by atoms with van der Waals surface area (Å²) in [6, 6.07) is 16.7. The van der Waals surface area contributed by atoms with Gasteiger partial charge < -0.3 is 24.6 Å². The highest BCUT2D eigenvalue weighted by atomic mass is 16.5. The summed E-state index contributed by atoms with van der Waals surface area (Å²) in [5.74, 6) is 2.67. The van der Waals surface area contributed by atoms with E-state index in [-0.39, 0.29) is 5.75 Å². The van der Waals surface area contributed by atoms with Crippen molar-refractivity contribution in [3.05, 3.63) is 71.9 Å². The number of nitrogens with zero attached hydrogens (tertiary/aromatic N) is 1. The van der Waals surface area contributed by atoms with Crippen LogP contribution in [0.4, 0.5) is 0 Å². The number of aromatic hydroxyl groups is 1. The van der Waals surface area contributed by atoms with Crippen LogP contribution in [0.5, 0.6) is 28.9 Å². The van der Waals surface area contributed by atoms with Crippen molar-refractivity contribution >= 4 is 0 Å². The number of nitrogens with one attached hydrogen (secondary N) is 1. The van der Waals surface area contributed by atoms with Gasteiger partial charge >= 0.3 is 0 Å². The van der Waals surface area contributed by atoms with Gasteiger partial charge in [-0.1, -0.05) is 19.1 Å². The second-order valence-electron chi connectivity index (χ2n) is 6.50. The molecule has 6 nitrogen and oxygen atoms in total. The van der Waals surface area contributed by atoms with Crippen LogP contribution in [0.3, 0.4) is 0 Å². The molecule has 6 heteroatoms. The standard InChI is InChI=1S/C23H26N2O4/c1-3-13-28-19-7-9-20(10-8-19)29-23-18(5-4-12-25-23)16-24-15-17-6-11-22(27-2)21(26)14-17/h4-12,14,24,26H,3,13,15-16H2,1-2H3. The highest BCUT2D eigenvalue weighted by molar-refractivity contribution is 5.41. The molecule has 0 saturated heterocycles. The Kier molecular flexibility index (Phi) is 7.30. The third kappa shape index (κ3) is 5.86.